The SMILES string of the molecule is C1CSCC(Cc2nc(C3CC3)no2)N1. The average Bonchev–Trinajstić information content (AvgIpc) is 3.02. The lowest BCUT2D eigenvalue weighted by Gasteiger charge is -2.21. The molecule has 0 bridgehead atoms. The standard InChI is InChI=1S/C10H15N3OS/c1-2-7(1)10-12-9(14-13-10)5-8-6-15-4-3-11-8/h7-8,11H,1-6H2. The Balaban J connectivity index is 1.60. The van der Waals surface area contributed by atoms with Crippen LogP contribution in [0.4, 0.5) is 0 Å². The van der Waals surface area contributed by atoms with Gasteiger partial charge in [-0.05, 0) is 12.8 Å². The third-order valence-electron chi connectivity index (χ3n) is 2.85. The Hall–Kier alpha value is -0.550. The van der Waals surface area contributed by atoms with Gasteiger partial charge in [-0.25, -0.2) is 0 Å². The molecule has 0 amide bonds. The summed E-state index contributed by atoms with van der Waals surface area (Å²) >= 11 is 2.00. The number of rotatable bonds is 3. The molecule has 1 aromatic rings. The molecule has 1 N–H and O–H groups in total. The first kappa shape index (κ1) is 9.66. The van der Waals surface area contributed by atoms with E-state index in [1.54, 1.807) is 0 Å². The summed E-state index contributed by atoms with van der Waals surface area (Å²) in [5.41, 5.74) is 0. The average molecular weight is 225 g/mol. The number of hydrogen-bond donors (Lipinski definition) is 1. The highest BCUT2D eigenvalue weighted by molar-refractivity contribution is 7.99. The molecule has 3 rings (SSSR count). The van der Waals surface area contributed by atoms with Crippen molar-refractivity contribution in [1.29, 1.82) is 0 Å². The van der Waals surface area contributed by atoms with Crippen molar-refractivity contribution in [3.63, 3.8) is 0 Å². The molecule has 2 fully saturated rings. The van der Waals surface area contributed by atoms with Crippen LogP contribution in [0.25, 0.3) is 0 Å². The lowest BCUT2D eigenvalue weighted by atomic mass is 10.2. The maximum absolute atomic E-state index is 5.26. The van der Waals surface area contributed by atoms with E-state index in [2.05, 4.69) is 15.5 Å². The van der Waals surface area contributed by atoms with Gasteiger partial charge in [0.1, 0.15) is 0 Å². The quantitative estimate of drug-likeness (QED) is 0.837. The summed E-state index contributed by atoms with van der Waals surface area (Å²) in [6.07, 6.45) is 3.35. The fourth-order valence-corrected chi connectivity index (χ4v) is 2.77. The van der Waals surface area contributed by atoms with Crippen molar-refractivity contribution in [3.05, 3.63) is 11.7 Å². The van der Waals surface area contributed by atoms with Gasteiger partial charge in [0.05, 0.1) is 0 Å². The first-order chi connectivity index (χ1) is 7.42. The van der Waals surface area contributed by atoms with E-state index in [9.17, 15) is 0 Å². The van der Waals surface area contributed by atoms with Gasteiger partial charge in [0.25, 0.3) is 0 Å². The van der Waals surface area contributed by atoms with Crippen molar-refractivity contribution in [1.82, 2.24) is 15.5 Å². The summed E-state index contributed by atoms with van der Waals surface area (Å²) in [5, 5.41) is 7.50. The topological polar surface area (TPSA) is 51.0 Å². The second-order valence-electron chi connectivity index (χ2n) is 4.25. The molecular formula is C10H15N3OS. The van der Waals surface area contributed by atoms with Crippen molar-refractivity contribution in [2.24, 2.45) is 0 Å². The van der Waals surface area contributed by atoms with Crippen LogP contribution in [-0.4, -0.2) is 34.2 Å². The van der Waals surface area contributed by atoms with Gasteiger partial charge in [0, 0.05) is 36.4 Å². The molecule has 2 heterocycles. The maximum Gasteiger partial charge on any atom is 0.228 e. The molecule has 15 heavy (non-hydrogen) atoms. The molecule has 1 aliphatic heterocycles. The van der Waals surface area contributed by atoms with Crippen LogP contribution in [0.15, 0.2) is 4.52 Å². The van der Waals surface area contributed by atoms with E-state index >= 15 is 0 Å². The Bertz CT molecular complexity index is 331. The summed E-state index contributed by atoms with van der Waals surface area (Å²) in [6.45, 7) is 1.10. The van der Waals surface area contributed by atoms with Crippen LogP contribution in [0.2, 0.25) is 0 Å². The van der Waals surface area contributed by atoms with Crippen molar-refractivity contribution >= 4 is 11.8 Å². The summed E-state index contributed by atoms with van der Waals surface area (Å²) in [6, 6.07) is 0.510. The van der Waals surface area contributed by atoms with Gasteiger partial charge in [-0.2, -0.15) is 16.7 Å². The molecule has 0 aromatic carbocycles. The van der Waals surface area contributed by atoms with E-state index in [1.807, 2.05) is 11.8 Å². The number of thioether (sulfide) groups is 1. The van der Waals surface area contributed by atoms with Gasteiger partial charge in [0.2, 0.25) is 5.89 Å². The zero-order valence-corrected chi connectivity index (χ0v) is 9.42. The zero-order valence-electron chi connectivity index (χ0n) is 8.61. The Kier molecular flexibility index (Phi) is 2.66. The van der Waals surface area contributed by atoms with Gasteiger partial charge in [0.15, 0.2) is 5.82 Å². The lowest BCUT2D eigenvalue weighted by molar-refractivity contribution is 0.358. The van der Waals surface area contributed by atoms with Crippen LogP contribution in [0, 0.1) is 0 Å². The predicted octanol–water partition coefficient (Wildman–Crippen LogP) is 1.19. The summed E-state index contributed by atoms with van der Waals surface area (Å²) < 4.78 is 5.26. The Morgan fingerprint density at radius 3 is 3.13 bits per heavy atom. The Labute approximate surface area is 93.2 Å². The largest absolute Gasteiger partial charge is 0.339 e. The smallest absolute Gasteiger partial charge is 0.228 e. The van der Waals surface area contributed by atoms with E-state index < -0.39 is 0 Å². The van der Waals surface area contributed by atoms with Gasteiger partial charge in [-0.1, -0.05) is 5.16 Å². The van der Waals surface area contributed by atoms with Crippen LogP contribution in [-0.2, 0) is 6.42 Å². The first-order valence-electron chi connectivity index (χ1n) is 5.55. The van der Waals surface area contributed by atoms with E-state index in [1.165, 1.54) is 18.6 Å². The molecule has 4 nitrogen and oxygen atoms in total. The van der Waals surface area contributed by atoms with Gasteiger partial charge in [-0.15, -0.1) is 0 Å². The van der Waals surface area contributed by atoms with Crippen LogP contribution in [0.1, 0.15) is 30.5 Å². The molecule has 1 atom stereocenters. The second-order valence-corrected chi connectivity index (χ2v) is 5.40. The molecule has 82 valence electrons. The van der Waals surface area contributed by atoms with Crippen molar-refractivity contribution in [2.45, 2.75) is 31.2 Å². The Morgan fingerprint density at radius 2 is 2.40 bits per heavy atom. The number of aromatic nitrogens is 2. The molecule has 1 saturated heterocycles. The summed E-state index contributed by atoms with van der Waals surface area (Å²) in [4.78, 5) is 4.44. The van der Waals surface area contributed by atoms with Crippen LogP contribution < -0.4 is 5.32 Å². The molecule has 0 spiro atoms. The molecule has 1 aromatic heterocycles. The van der Waals surface area contributed by atoms with E-state index in [0.717, 1.165) is 30.4 Å². The van der Waals surface area contributed by atoms with Crippen LogP contribution in [0.5, 0.6) is 0 Å². The van der Waals surface area contributed by atoms with Gasteiger partial charge in [-0.3, -0.25) is 0 Å². The molecular weight excluding hydrogens is 210 g/mol. The third kappa shape index (κ3) is 2.34. The minimum absolute atomic E-state index is 0.510. The van der Waals surface area contributed by atoms with Gasteiger partial charge >= 0.3 is 0 Å². The van der Waals surface area contributed by atoms with Crippen molar-refractivity contribution in [3.8, 4) is 0 Å². The predicted molar refractivity (Wildman–Crippen MR) is 59.1 cm³/mol. The monoisotopic (exact) mass is 225 g/mol. The fraction of sp³-hybridized carbons (Fsp3) is 0.800. The first-order valence-corrected chi connectivity index (χ1v) is 6.71. The highest BCUT2D eigenvalue weighted by Crippen LogP contribution is 2.38. The fourth-order valence-electron chi connectivity index (χ4n) is 1.82. The minimum Gasteiger partial charge on any atom is -0.339 e. The van der Waals surface area contributed by atoms with E-state index in [0.29, 0.717) is 12.0 Å². The normalized spacial score (nSPS) is 26.8. The van der Waals surface area contributed by atoms with Crippen LogP contribution >= 0.6 is 11.8 Å². The van der Waals surface area contributed by atoms with Crippen molar-refractivity contribution < 1.29 is 4.52 Å². The number of nitrogens with zero attached hydrogens (tertiary/aromatic N) is 2. The molecule has 1 unspecified atom stereocenters. The lowest BCUT2D eigenvalue weighted by Crippen LogP contribution is -2.38. The molecule has 1 aliphatic carbocycles. The summed E-state index contributed by atoms with van der Waals surface area (Å²) in [5.74, 6) is 4.69. The van der Waals surface area contributed by atoms with Crippen molar-refractivity contribution in [2.75, 3.05) is 18.1 Å². The molecule has 0 radical (unpaired) electrons. The zero-order chi connectivity index (χ0) is 10.1. The van der Waals surface area contributed by atoms with Gasteiger partial charge < -0.3 is 9.84 Å². The Morgan fingerprint density at radius 1 is 1.47 bits per heavy atom. The maximum atomic E-state index is 5.26. The molecule has 5 heteroatoms. The summed E-state index contributed by atoms with van der Waals surface area (Å²) in [7, 11) is 0. The highest BCUT2D eigenvalue weighted by atomic mass is 32.2. The molecule has 2 aliphatic rings. The minimum atomic E-state index is 0.510. The second kappa shape index (κ2) is 4.14. The van der Waals surface area contributed by atoms with E-state index in [4.69, 9.17) is 4.52 Å². The number of nitrogens with one attached hydrogen (secondary N) is 1. The number of hydrogen-bond acceptors (Lipinski definition) is 5. The van der Waals surface area contributed by atoms with E-state index in [-0.39, 0.29) is 0 Å². The van der Waals surface area contributed by atoms with Crippen LogP contribution in [0.3, 0.4) is 0 Å². The highest BCUT2D eigenvalue weighted by Gasteiger charge is 2.29. The third-order valence-corrected chi connectivity index (χ3v) is 3.98. The molecule has 1 saturated carbocycles.